The van der Waals surface area contributed by atoms with Crippen LogP contribution in [0.1, 0.15) is 49.3 Å². The predicted octanol–water partition coefficient (Wildman–Crippen LogP) is 5.11. The Labute approximate surface area is 228 Å². The van der Waals surface area contributed by atoms with E-state index >= 15 is 0 Å². The molecule has 200 valence electrons. The molecule has 39 heavy (non-hydrogen) atoms. The zero-order valence-corrected chi connectivity index (χ0v) is 22.8. The third-order valence-corrected chi connectivity index (χ3v) is 6.87. The molecule has 0 saturated carbocycles. The number of H-pyrrole nitrogens is 1. The molecule has 2 aromatic heterocycles. The molecule has 0 spiro atoms. The highest BCUT2D eigenvalue weighted by atomic mass is 16.5. The van der Waals surface area contributed by atoms with Crippen LogP contribution in [-0.2, 0) is 18.5 Å². The Morgan fingerprint density at radius 2 is 1.64 bits per heavy atom. The maximum Gasteiger partial charge on any atom is 0.253 e. The van der Waals surface area contributed by atoms with Crippen LogP contribution < -0.4 is 10.3 Å². The van der Waals surface area contributed by atoms with E-state index in [0.717, 1.165) is 28.6 Å². The molecule has 2 heterocycles. The first-order chi connectivity index (χ1) is 18.8. The number of hydrogen-bond acceptors (Lipinski definition) is 6. The Morgan fingerprint density at radius 3 is 2.31 bits per heavy atom. The van der Waals surface area contributed by atoms with Crippen LogP contribution in [0.2, 0.25) is 0 Å². The molecule has 0 aliphatic heterocycles. The quantitative estimate of drug-likeness (QED) is 0.289. The van der Waals surface area contributed by atoms with Crippen LogP contribution in [0, 0.1) is 0 Å². The van der Waals surface area contributed by atoms with Gasteiger partial charge in [0.1, 0.15) is 11.8 Å². The first-order valence-corrected chi connectivity index (χ1v) is 13.1. The summed E-state index contributed by atoms with van der Waals surface area (Å²) < 4.78 is 7.29. The van der Waals surface area contributed by atoms with E-state index in [-0.39, 0.29) is 11.1 Å². The molecular weight excluding hydrogens is 488 g/mol. The smallest absolute Gasteiger partial charge is 0.253 e. The molecule has 8 heteroatoms. The lowest BCUT2D eigenvalue weighted by Crippen LogP contribution is -2.38. The average Bonchev–Trinajstić information content (AvgIpc) is 3.43. The highest BCUT2D eigenvalue weighted by Gasteiger charge is 2.33. The van der Waals surface area contributed by atoms with Gasteiger partial charge in [-0.3, -0.25) is 9.69 Å². The van der Waals surface area contributed by atoms with E-state index < -0.39 is 6.04 Å². The van der Waals surface area contributed by atoms with Crippen molar-refractivity contribution in [2.45, 2.75) is 45.3 Å². The molecule has 0 aliphatic carbocycles. The number of pyridine rings is 1. The molecule has 1 unspecified atom stereocenters. The highest BCUT2D eigenvalue weighted by Crippen LogP contribution is 2.31. The van der Waals surface area contributed by atoms with Gasteiger partial charge in [0.05, 0.1) is 12.6 Å². The highest BCUT2D eigenvalue weighted by molar-refractivity contribution is 5.80. The van der Waals surface area contributed by atoms with Gasteiger partial charge in [0, 0.05) is 29.6 Å². The van der Waals surface area contributed by atoms with Crippen LogP contribution in [-0.4, -0.2) is 43.7 Å². The van der Waals surface area contributed by atoms with E-state index in [1.807, 2.05) is 53.2 Å². The van der Waals surface area contributed by atoms with Gasteiger partial charge < -0.3 is 9.72 Å². The largest absolute Gasteiger partial charge is 0.497 e. The second-order valence-corrected chi connectivity index (χ2v) is 10.7. The van der Waals surface area contributed by atoms with E-state index in [9.17, 15) is 4.79 Å². The summed E-state index contributed by atoms with van der Waals surface area (Å²) in [6.45, 7) is 7.49. The van der Waals surface area contributed by atoms with Crippen molar-refractivity contribution < 1.29 is 4.74 Å². The summed E-state index contributed by atoms with van der Waals surface area (Å²) in [6, 6.07) is 27.8. The Morgan fingerprint density at radius 1 is 0.949 bits per heavy atom. The number of rotatable bonds is 9. The lowest BCUT2D eigenvalue weighted by Gasteiger charge is -2.33. The monoisotopic (exact) mass is 522 g/mol. The van der Waals surface area contributed by atoms with Crippen LogP contribution in [0.15, 0.2) is 89.7 Å². The molecule has 0 saturated heterocycles. The molecule has 3 aromatic carbocycles. The zero-order valence-electron chi connectivity index (χ0n) is 22.8. The molecule has 5 rings (SSSR count). The number of methoxy groups -OCH3 is 1. The summed E-state index contributed by atoms with van der Waals surface area (Å²) in [7, 11) is 1.64. The minimum absolute atomic E-state index is 0.168. The van der Waals surface area contributed by atoms with Gasteiger partial charge in [-0.25, -0.2) is 4.68 Å². The van der Waals surface area contributed by atoms with Gasteiger partial charge in [0.2, 0.25) is 0 Å². The molecule has 1 atom stereocenters. The van der Waals surface area contributed by atoms with Gasteiger partial charge in [0.15, 0.2) is 5.82 Å². The van der Waals surface area contributed by atoms with Crippen molar-refractivity contribution in [3.8, 4) is 5.75 Å². The SMILES string of the molecule is COc1ccc2[nH]c(=O)c(C(c3nnnn3C(C)(C)C)N(CCc3ccccc3)Cc3ccccc3)cc2c1. The molecule has 0 bridgehead atoms. The molecule has 1 N–H and O–H groups in total. The van der Waals surface area contributed by atoms with Gasteiger partial charge in [-0.05, 0) is 73.0 Å². The maximum absolute atomic E-state index is 13.7. The summed E-state index contributed by atoms with van der Waals surface area (Å²) in [6.07, 6.45) is 0.806. The second kappa shape index (κ2) is 11.2. The van der Waals surface area contributed by atoms with Gasteiger partial charge in [0.25, 0.3) is 5.56 Å². The zero-order chi connectivity index (χ0) is 27.4. The number of fused-ring (bicyclic) bond motifs is 1. The maximum atomic E-state index is 13.7. The lowest BCUT2D eigenvalue weighted by molar-refractivity contribution is 0.195. The number of ether oxygens (including phenoxy) is 1. The molecular formula is C31H34N6O2. The van der Waals surface area contributed by atoms with Gasteiger partial charge in [-0.2, -0.15) is 0 Å². The fourth-order valence-electron chi connectivity index (χ4n) is 4.91. The summed E-state index contributed by atoms with van der Waals surface area (Å²) in [5.41, 5.74) is 3.14. The van der Waals surface area contributed by atoms with E-state index in [4.69, 9.17) is 4.74 Å². The minimum Gasteiger partial charge on any atom is -0.497 e. The Kier molecular flexibility index (Phi) is 7.56. The summed E-state index contributed by atoms with van der Waals surface area (Å²) >= 11 is 0. The molecule has 0 aliphatic rings. The van der Waals surface area contributed by atoms with Gasteiger partial charge >= 0.3 is 0 Å². The number of nitrogens with zero attached hydrogens (tertiary/aromatic N) is 5. The number of nitrogens with one attached hydrogen (secondary N) is 1. The summed E-state index contributed by atoms with van der Waals surface area (Å²) in [4.78, 5) is 19.1. The number of tetrazole rings is 1. The van der Waals surface area contributed by atoms with Crippen molar-refractivity contribution in [3.63, 3.8) is 0 Å². The van der Waals surface area contributed by atoms with E-state index in [1.54, 1.807) is 7.11 Å². The van der Waals surface area contributed by atoms with Gasteiger partial charge in [-0.1, -0.05) is 60.7 Å². The number of aromatic amines is 1. The van der Waals surface area contributed by atoms with Crippen molar-refractivity contribution in [3.05, 3.63) is 118 Å². The first kappa shape index (κ1) is 26.3. The second-order valence-electron chi connectivity index (χ2n) is 10.7. The lowest BCUT2D eigenvalue weighted by atomic mass is 10.00. The Hall–Kier alpha value is -4.30. The Bertz CT molecular complexity index is 1590. The minimum atomic E-state index is -0.498. The summed E-state index contributed by atoms with van der Waals surface area (Å²) in [5, 5.41) is 13.8. The van der Waals surface area contributed by atoms with Crippen LogP contribution in [0.4, 0.5) is 0 Å². The normalized spacial score (nSPS) is 12.6. The van der Waals surface area contributed by atoms with Crippen LogP contribution in [0.5, 0.6) is 5.75 Å². The number of benzene rings is 3. The summed E-state index contributed by atoms with van der Waals surface area (Å²) in [5.74, 6) is 1.35. The van der Waals surface area contributed by atoms with Crippen LogP contribution >= 0.6 is 0 Å². The van der Waals surface area contributed by atoms with Crippen LogP contribution in [0.3, 0.4) is 0 Å². The number of aromatic nitrogens is 5. The van der Waals surface area contributed by atoms with E-state index in [1.165, 1.54) is 5.56 Å². The molecule has 0 radical (unpaired) electrons. The first-order valence-electron chi connectivity index (χ1n) is 13.1. The fourth-order valence-corrected chi connectivity index (χ4v) is 4.91. The topological polar surface area (TPSA) is 88.9 Å². The third-order valence-electron chi connectivity index (χ3n) is 6.87. The Balaban J connectivity index is 1.68. The van der Waals surface area contributed by atoms with Crippen molar-refractivity contribution in [2.24, 2.45) is 0 Å². The average molecular weight is 523 g/mol. The predicted molar refractivity (Wildman–Crippen MR) is 153 cm³/mol. The van der Waals surface area contributed by atoms with Crippen molar-refractivity contribution in [1.29, 1.82) is 0 Å². The molecule has 5 aromatic rings. The number of hydrogen-bond donors (Lipinski definition) is 1. The van der Waals surface area contributed by atoms with Crippen molar-refractivity contribution >= 4 is 10.9 Å². The van der Waals surface area contributed by atoms with Gasteiger partial charge in [-0.15, -0.1) is 5.10 Å². The van der Waals surface area contributed by atoms with Crippen LogP contribution in [0.25, 0.3) is 10.9 Å². The molecule has 8 nitrogen and oxygen atoms in total. The van der Waals surface area contributed by atoms with Crippen molar-refractivity contribution in [2.75, 3.05) is 13.7 Å². The molecule has 0 fully saturated rings. The fraction of sp³-hybridized carbons (Fsp3) is 0.290. The van der Waals surface area contributed by atoms with Crippen molar-refractivity contribution in [1.82, 2.24) is 30.1 Å². The van der Waals surface area contributed by atoms with E-state index in [2.05, 4.69) is 82.6 Å². The third kappa shape index (κ3) is 5.91. The van der Waals surface area contributed by atoms with E-state index in [0.29, 0.717) is 24.5 Å². The molecule has 0 amide bonds. The standard InChI is InChI=1S/C31H34N6O2/c1-31(2,3)37-29(33-34-35-37)28(26-20-24-19-25(39-4)15-16-27(24)32-30(26)38)36(21-23-13-9-6-10-14-23)18-17-22-11-7-5-8-12-22/h5-16,19-20,28H,17-18,21H2,1-4H3,(H,32,38).